The number of ether oxygens (including phenoxy) is 1. The average Bonchev–Trinajstić information content (AvgIpc) is 2.82. The van der Waals surface area contributed by atoms with Crippen LogP contribution in [0.25, 0.3) is 16.8 Å². The fraction of sp³-hybridized carbons (Fsp3) is 0.115. The third kappa shape index (κ3) is 4.52. The van der Waals surface area contributed by atoms with E-state index in [0.29, 0.717) is 33.1 Å². The van der Waals surface area contributed by atoms with Crippen molar-refractivity contribution in [2.75, 3.05) is 12.4 Å². The van der Waals surface area contributed by atoms with Crippen molar-refractivity contribution < 1.29 is 9.53 Å². The van der Waals surface area contributed by atoms with Gasteiger partial charge in [-0.25, -0.2) is 4.68 Å². The molecule has 0 atom stereocenters. The number of anilines is 1. The summed E-state index contributed by atoms with van der Waals surface area (Å²) in [6, 6.07) is 21.4. The highest BCUT2D eigenvalue weighted by Crippen LogP contribution is 2.30. The Bertz CT molecular complexity index is 1400. The second kappa shape index (κ2) is 9.30. The van der Waals surface area contributed by atoms with Crippen molar-refractivity contribution in [2.45, 2.75) is 13.8 Å². The van der Waals surface area contributed by atoms with Gasteiger partial charge in [-0.3, -0.25) is 9.59 Å². The number of carbonyl (C=O) groups is 1. The first kappa shape index (κ1) is 22.3. The Morgan fingerprint density at radius 2 is 1.73 bits per heavy atom. The van der Waals surface area contributed by atoms with Crippen LogP contribution in [-0.2, 0) is 0 Å². The van der Waals surface area contributed by atoms with Gasteiger partial charge in [-0.05, 0) is 67.4 Å². The van der Waals surface area contributed by atoms with Gasteiger partial charge in [0.1, 0.15) is 17.3 Å². The molecule has 4 aromatic rings. The molecule has 0 bridgehead atoms. The molecule has 1 amide bonds. The highest BCUT2D eigenvalue weighted by molar-refractivity contribution is 6.30. The van der Waals surface area contributed by atoms with E-state index in [0.717, 1.165) is 5.56 Å². The van der Waals surface area contributed by atoms with Crippen LogP contribution in [0.2, 0.25) is 5.02 Å². The summed E-state index contributed by atoms with van der Waals surface area (Å²) in [4.78, 5) is 26.6. The minimum absolute atomic E-state index is 0.259. The lowest BCUT2D eigenvalue weighted by Gasteiger charge is -2.19. The SMILES string of the molecule is COc1cccc(-c2c(NC(=O)c3ccccc3C)n(-c3ccc(Cl)cc3)nc(C)c2=O)c1. The Kier molecular flexibility index (Phi) is 6.29. The third-order valence-electron chi connectivity index (χ3n) is 5.31. The zero-order valence-electron chi connectivity index (χ0n) is 18.4. The van der Waals surface area contributed by atoms with Crippen LogP contribution < -0.4 is 15.5 Å². The van der Waals surface area contributed by atoms with Gasteiger partial charge in [-0.15, -0.1) is 0 Å². The van der Waals surface area contributed by atoms with Gasteiger partial charge in [0, 0.05) is 10.6 Å². The van der Waals surface area contributed by atoms with Crippen molar-refractivity contribution in [3.63, 3.8) is 0 Å². The predicted molar refractivity (Wildman–Crippen MR) is 131 cm³/mol. The second-order valence-electron chi connectivity index (χ2n) is 7.53. The molecule has 0 radical (unpaired) electrons. The van der Waals surface area contributed by atoms with E-state index >= 15 is 0 Å². The van der Waals surface area contributed by atoms with E-state index in [-0.39, 0.29) is 22.8 Å². The Balaban J connectivity index is 1.98. The molecule has 33 heavy (non-hydrogen) atoms. The number of nitrogens with zero attached hydrogens (tertiary/aromatic N) is 2. The van der Waals surface area contributed by atoms with Crippen LogP contribution in [0.3, 0.4) is 0 Å². The number of carbonyl (C=O) groups excluding carboxylic acids is 1. The van der Waals surface area contributed by atoms with Crippen molar-refractivity contribution >= 4 is 23.3 Å². The molecule has 0 unspecified atom stereocenters. The van der Waals surface area contributed by atoms with Gasteiger partial charge in [0.15, 0.2) is 0 Å². The van der Waals surface area contributed by atoms with E-state index < -0.39 is 0 Å². The number of benzene rings is 3. The number of halogens is 1. The Labute approximate surface area is 196 Å². The summed E-state index contributed by atoms with van der Waals surface area (Å²) >= 11 is 6.07. The molecule has 0 spiro atoms. The molecular formula is C26H22ClN3O3. The van der Waals surface area contributed by atoms with E-state index in [9.17, 15) is 9.59 Å². The van der Waals surface area contributed by atoms with Crippen molar-refractivity contribution in [1.29, 1.82) is 0 Å². The summed E-state index contributed by atoms with van der Waals surface area (Å²) in [6.07, 6.45) is 0. The van der Waals surface area contributed by atoms with Crippen molar-refractivity contribution in [3.8, 4) is 22.6 Å². The van der Waals surface area contributed by atoms with Crippen LogP contribution in [-0.4, -0.2) is 22.8 Å². The van der Waals surface area contributed by atoms with E-state index in [1.165, 1.54) is 0 Å². The zero-order valence-corrected chi connectivity index (χ0v) is 19.2. The maximum atomic E-state index is 13.3. The minimum Gasteiger partial charge on any atom is -0.497 e. The third-order valence-corrected chi connectivity index (χ3v) is 5.56. The van der Waals surface area contributed by atoms with Crippen LogP contribution in [0.15, 0.2) is 77.6 Å². The van der Waals surface area contributed by atoms with Crippen molar-refractivity contribution in [3.05, 3.63) is 105 Å². The van der Waals surface area contributed by atoms with Gasteiger partial charge >= 0.3 is 0 Å². The quantitative estimate of drug-likeness (QED) is 0.432. The van der Waals surface area contributed by atoms with Gasteiger partial charge in [-0.1, -0.05) is 41.9 Å². The Hall–Kier alpha value is -3.90. The number of aryl methyl sites for hydroxylation is 2. The monoisotopic (exact) mass is 459 g/mol. The van der Waals surface area contributed by atoms with Gasteiger partial charge in [-0.2, -0.15) is 5.10 Å². The average molecular weight is 460 g/mol. The topological polar surface area (TPSA) is 73.2 Å². The fourth-order valence-electron chi connectivity index (χ4n) is 3.57. The molecule has 3 aromatic carbocycles. The Morgan fingerprint density at radius 1 is 1.00 bits per heavy atom. The first-order valence-electron chi connectivity index (χ1n) is 10.3. The molecule has 0 saturated heterocycles. The number of amides is 1. The van der Waals surface area contributed by atoms with E-state index in [4.69, 9.17) is 16.3 Å². The highest BCUT2D eigenvalue weighted by atomic mass is 35.5. The molecular weight excluding hydrogens is 438 g/mol. The van der Waals surface area contributed by atoms with Crippen LogP contribution >= 0.6 is 11.6 Å². The largest absolute Gasteiger partial charge is 0.497 e. The van der Waals surface area contributed by atoms with Crippen LogP contribution in [0, 0.1) is 13.8 Å². The summed E-state index contributed by atoms with van der Waals surface area (Å²) < 4.78 is 6.91. The minimum atomic E-state index is -0.343. The summed E-state index contributed by atoms with van der Waals surface area (Å²) in [5.74, 6) is 0.509. The Morgan fingerprint density at radius 3 is 2.42 bits per heavy atom. The standard InChI is InChI=1S/C26H22ClN3O3/c1-16-7-4-5-10-22(16)26(32)28-25-23(18-8-6-9-21(15-18)33-3)24(31)17(2)29-30(25)20-13-11-19(27)12-14-20/h4-15H,1-3H3,(H,28,32). The van der Waals surface area contributed by atoms with Crippen LogP contribution in [0.4, 0.5) is 5.82 Å². The summed E-state index contributed by atoms with van der Waals surface area (Å²) in [7, 11) is 1.56. The normalized spacial score (nSPS) is 10.7. The number of nitrogens with one attached hydrogen (secondary N) is 1. The van der Waals surface area contributed by atoms with E-state index in [2.05, 4.69) is 10.4 Å². The van der Waals surface area contributed by atoms with Gasteiger partial charge in [0.05, 0.1) is 18.4 Å². The lowest BCUT2D eigenvalue weighted by atomic mass is 10.0. The van der Waals surface area contributed by atoms with Gasteiger partial charge < -0.3 is 10.1 Å². The smallest absolute Gasteiger partial charge is 0.257 e. The highest BCUT2D eigenvalue weighted by Gasteiger charge is 2.21. The molecule has 1 aromatic heterocycles. The number of aromatic nitrogens is 2. The number of hydrogen-bond acceptors (Lipinski definition) is 4. The number of hydrogen-bond donors (Lipinski definition) is 1. The molecule has 0 aliphatic carbocycles. The molecule has 1 N–H and O–H groups in total. The molecule has 166 valence electrons. The lowest BCUT2D eigenvalue weighted by molar-refractivity contribution is 0.102. The van der Waals surface area contributed by atoms with Gasteiger partial charge in [0.25, 0.3) is 5.91 Å². The van der Waals surface area contributed by atoms with Crippen LogP contribution in [0.1, 0.15) is 21.6 Å². The summed E-state index contributed by atoms with van der Waals surface area (Å²) in [5, 5.41) is 7.99. The maximum Gasteiger partial charge on any atom is 0.257 e. The molecule has 4 rings (SSSR count). The van der Waals surface area contributed by atoms with E-state index in [1.807, 2.05) is 19.1 Å². The van der Waals surface area contributed by atoms with Crippen molar-refractivity contribution in [1.82, 2.24) is 9.78 Å². The molecule has 0 fully saturated rings. The van der Waals surface area contributed by atoms with Gasteiger partial charge in [0.2, 0.25) is 5.43 Å². The lowest BCUT2D eigenvalue weighted by Crippen LogP contribution is -2.25. The summed E-state index contributed by atoms with van der Waals surface area (Å²) in [5.41, 5.74) is 2.89. The molecule has 0 aliphatic rings. The summed E-state index contributed by atoms with van der Waals surface area (Å²) in [6.45, 7) is 3.50. The predicted octanol–water partition coefficient (Wildman–Crippen LogP) is 5.43. The molecule has 6 nitrogen and oxygen atoms in total. The molecule has 0 aliphatic heterocycles. The maximum absolute atomic E-state index is 13.3. The molecule has 1 heterocycles. The second-order valence-corrected chi connectivity index (χ2v) is 7.96. The number of rotatable bonds is 5. The first-order chi connectivity index (χ1) is 15.9. The van der Waals surface area contributed by atoms with E-state index in [1.54, 1.807) is 79.4 Å². The van der Waals surface area contributed by atoms with Crippen molar-refractivity contribution in [2.24, 2.45) is 0 Å². The molecule has 0 saturated carbocycles. The zero-order chi connectivity index (χ0) is 23.5. The fourth-order valence-corrected chi connectivity index (χ4v) is 3.70. The van der Waals surface area contributed by atoms with Crippen LogP contribution in [0.5, 0.6) is 5.75 Å². The first-order valence-corrected chi connectivity index (χ1v) is 10.7. The number of methoxy groups -OCH3 is 1. The molecule has 7 heteroatoms.